The number of para-hydroxylation sites is 2. The summed E-state index contributed by atoms with van der Waals surface area (Å²) in [7, 11) is 0. The maximum atomic E-state index is 6.50. The second kappa shape index (κ2) is 13.4. The Kier molecular flexibility index (Phi) is 7.85. The van der Waals surface area contributed by atoms with Gasteiger partial charge in [-0.05, 0) is 98.2 Å². The van der Waals surface area contributed by atoms with E-state index in [4.69, 9.17) is 4.42 Å². The first kappa shape index (κ1) is 31.6. The van der Waals surface area contributed by atoms with E-state index in [2.05, 4.69) is 205 Å². The number of anilines is 3. The first-order chi connectivity index (χ1) is 26.8. The quantitative estimate of drug-likeness (QED) is 0.166. The highest BCUT2D eigenvalue weighted by atomic mass is 16.3. The van der Waals surface area contributed by atoms with Crippen molar-refractivity contribution >= 4 is 49.8 Å². The molecule has 2 nitrogen and oxygen atoms in total. The predicted octanol–water partition coefficient (Wildman–Crippen LogP) is 14.9. The molecule has 0 atom stereocenters. The molecule has 0 aliphatic heterocycles. The molecule has 0 fully saturated rings. The molecular weight excluding hydrogens is 655 g/mol. The Hall–Kier alpha value is -7.16. The summed E-state index contributed by atoms with van der Waals surface area (Å²) in [6, 6.07) is 76.0. The van der Waals surface area contributed by atoms with Crippen LogP contribution in [0.25, 0.3) is 77.2 Å². The minimum Gasteiger partial charge on any atom is -0.455 e. The third-order valence-corrected chi connectivity index (χ3v) is 10.5. The molecule has 0 radical (unpaired) electrons. The molecule has 0 saturated heterocycles. The van der Waals surface area contributed by atoms with E-state index < -0.39 is 0 Å². The Morgan fingerprint density at radius 3 is 1.72 bits per heavy atom. The van der Waals surface area contributed by atoms with Gasteiger partial charge in [0, 0.05) is 33.4 Å². The van der Waals surface area contributed by atoms with Gasteiger partial charge >= 0.3 is 0 Å². The maximum absolute atomic E-state index is 6.50. The van der Waals surface area contributed by atoms with Crippen LogP contribution in [0.5, 0.6) is 0 Å². The summed E-state index contributed by atoms with van der Waals surface area (Å²) in [6.45, 7) is 0. The van der Waals surface area contributed by atoms with Crippen molar-refractivity contribution < 1.29 is 4.42 Å². The maximum Gasteiger partial charge on any atom is 0.143 e. The molecule has 10 rings (SSSR count). The van der Waals surface area contributed by atoms with Crippen molar-refractivity contribution in [2.75, 3.05) is 4.90 Å². The molecule has 2 heteroatoms. The fraction of sp³-hybridized carbons (Fsp3) is 0. The van der Waals surface area contributed by atoms with Crippen LogP contribution in [0, 0.1) is 0 Å². The van der Waals surface area contributed by atoms with Crippen LogP contribution >= 0.6 is 0 Å². The molecule has 0 amide bonds. The van der Waals surface area contributed by atoms with E-state index in [1.807, 2.05) is 12.1 Å². The number of furan rings is 1. The van der Waals surface area contributed by atoms with Crippen LogP contribution < -0.4 is 4.90 Å². The van der Waals surface area contributed by atoms with Gasteiger partial charge in [0.15, 0.2) is 0 Å². The van der Waals surface area contributed by atoms with Crippen molar-refractivity contribution in [3.05, 3.63) is 212 Å². The lowest BCUT2D eigenvalue weighted by Gasteiger charge is -2.27. The molecule has 0 saturated carbocycles. The van der Waals surface area contributed by atoms with Crippen LogP contribution in [0.15, 0.2) is 217 Å². The van der Waals surface area contributed by atoms with Crippen molar-refractivity contribution in [2.24, 2.45) is 0 Å². The zero-order valence-electron chi connectivity index (χ0n) is 29.6. The topological polar surface area (TPSA) is 16.4 Å². The normalized spacial score (nSPS) is 11.3. The van der Waals surface area contributed by atoms with Crippen LogP contribution in [-0.4, -0.2) is 0 Å². The van der Waals surface area contributed by atoms with Crippen LogP contribution in [0.2, 0.25) is 0 Å². The molecule has 0 N–H and O–H groups in total. The van der Waals surface area contributed by atoms with E-state index in [-0.39, 0.29) is 0 Å². The molecule has 54 heavy (non-hydrogen) atoms. The molecule has 0 aliphatic rings. The van der Waals surface area contributed by atoms with Gasteiger partial charge in [0.25, 0.3) is 0 Å². The van der Waals surface area contributed by atoms with Crippen LogP contribution in [0.3, 0.4) is 0 Å². The third-order valence-electron chi connectivity index (χ3n) is 10.5. The van der Waals surface area contributed by atoms with Crippen molar-refractivity contribution in [1.29, 1.82) is 0 Å². The van der Waals surface area contributed by atoms with Gasteiger partial charge in [-0.25, -0.2) is 0 Å². The highest BCUT2D eigenvalue weighted by molar-refractivity contribution is 6.09. The Morgan fingerprint density at radius 2 is 0.889 bits per heavy atom. The van der Waals surface area contributed by atoms with Crippen molar-refractivity contribution in [3.63, 3.8) is 0 Å². The van der Waals surface area contributed by atoms with Gasteiger partial charge in [0.05, 0.1) is 0 Å². The van der Waals surface area contributed by atoms with Gasteiger partial charge in [-0.3, -0.25) is 0 Å². The smallest absolute Gasteiger partial charge is 0.143 e. The standard InChI is InChI=1S/C52H35NO/c1-3-13-36(14-4-1)38-27-29-43(30-28-38)53(44-20-11-19-41(34-44)47-22-12-23-49-48-21-9-10-24-51(48)54-52(47)49)45-31-32-46(39-16-5-2-6-17-39)50(35-45)42-26-25-37-15-7-8-18-40(37)33-42/h1-35H. The zero-order chi connectivity index (χ0) is 35.8. The zero-order valence-corrected chi connectivity index (χ0v) is 29.6. The lowest BCUT2D eigenvalue weighted by Crippen LogP contribution is -2.10. The average Bonchev–Trinajstić information content (AvgIpc) is 3.64. The number of fused-ring (bicyclic) bond motifs is 4. The van der Waals surface area contributed by atoms with E-state index >= 15 is 0 Å². The van der Waals surface area contributed by atoms with Crippen molar-refractivity contribution in [1.82, 2.24) is 0 Å². The molecule has 0 unspecified atom stereocenters. The molecule has 0 aliphatic carbocycles. The number of benzene rings is 9. The second-order valence-corrected chi connectivity index (χ2v) is 13.7. The van der Waals surface area contributed by atoms with Crippen LogP contribution in [0.1, 0.15) is 0 Å². The molecule has 10 aromatic rings. The first-order valence-electron chi connectivity index (χ1n) is 18.4. The molecule has 1 heterocycles. The number of hydrogen-bond acceptors (Lipinski definition) is 2. The largest absolute Gasteiger partial charge is 0.455 e. The molecule has 1 aromatic heterocycles. The summed E-state index contributed by atoms with van der Waals surface area (Å²) >= 11 is 0. The Morgan fingerprint density at radius 1 is 0.296 bits per heavy atom. The predicted molar refractivity (Wildman–Crippen MR) is 228 cm³/mol. The Bertz CT molecular complexity index is 2920. The summed E-state index contributed by atoms with van der Waals surface area (Å²) in [4.78, 5) is 2.37. The van der Waals surface area contributed by atoms with Crippen molar-refractivity contribution in [3.8, 4) is 44.5 Å². The Balaban J connectivity index is 1.16. The van der Waals surface area contributed by atoms with Gasteiger partial charge in [0.2, 0.25) is 0 Å². The Labute approximate surface area is 314 Å². The lowest BCUT2D eigenvalue weighted by atomic mass is 9.92. The van der Waals surface area contributed by atoms with Gasteiger partial charge in [-0.2, -0.15) is 0 Å². The van der Waals surface area contributed by atoms with Gasteiger partial charge in [-0.15, -0.1) is 0 Å². The highest BCUT2D eigenvalue weighted by Crippen LogP contribution is 2.43. The fourth-order valence-corrected chi connectivity index (χ4v) is 7.80. The first-order valence-corrected chi connectivity index (χ1v) is 18.4. The highest BCUT2D eigenvalue weighted by Gasteiger charge is 2.19. The van der Waals surface area contributed by atoms with Crippen molar-refractivity contribution in [2.45, 2.75) is 0 Å². The summed E-state index contributed by atoms with van der Waals surface area (Å²) in [6.07, 6.45) is 0. The van der Waals surface area contributed by atoms with Gasteiger partial charge in [-0.1, -0.05) is 164 Å². The molecule has 9 aromatic carbocycles. The summed E-state index contributed by atoms with van der Waals surface area (Å²) in [5.74, 6) is 0. The monoisotopic (exact) mass is 689 g/mol. The fourth-order valence-electron chi connectivity index (χ4n) is 7.80. The van der Waals surface area contributed by atoms with Gasteiger partial charge < -0.3 is 9.32 Å². The average molecular weight is 690 g/mol. The molecule has 0 spiro atoms. The van der Waals surface area contributed by atoms with E-state index in [1.54, 1.807) is 0 Å². The third kappa shape index (κ3) is 5.71. The summed E-state index contributed by atoms with van der Waals surface area (Å²) < 4.78 is 6.50. The van der Waals surface area contributed by atoms with E-state index in [0.29, 0.717) is 0 Å². The number of nitrogens with zero attached hydrogens (tertiary/aromatic N) is 1. The van der Waals surface area contributed by atoms with Crippen LogP contribution in [0.4, 0.5) is 17.1 Å². The lowest BCUT2D eigenvalue weighted by molar-refractivity contribution is 0.670. The molecule has 0 bridgehead atoms. The number of rotatable bonds is 7. The van der Waals surface area contributed by atoms with E-state index in [1.165, 1.54) is 44.2 Å². The minimum absolute atomic E-state index is 0.899. The van der Waals surface area contributed by atoms with Gasteiger partial charge in [0.1, 0.15) is 11.2 Å². The SMILES string of the molecule is c1ccc(-c2ccc(N(c3cccc(-c4cccc5c4oc4ccccc45)c3)c3ccc(-c4ccccc4)c(-c4ccc5ccccc5c4)c3)cc2)cc1. The molecule has 254 valence electrons. The number of hydrogen-bond donors (Lipinski definition) is 0. The molecular formula is C52H35NO. The van der Waals surface area contributed by atoms with E-state index in [9.17, 15) is 0 Å². The second-order valence-electron chi connectivity index (χ2n) is 13.7. The minimum atomic E-state index is 0.899. The van der Waals surface area contributed by atoms with E-state index in [0.717, 1.165) is 50.1 Å². The summed E-state index contributed by atoms with van der Waals surface area (Å²) in [5.41, 5.74) is 14.3. The van der Waals surface area contributed by atoms with Crippen LogP contribution in [-0.2, 0) is 0 Å². The summed E-state index contributed by atoms with van der Waals surface area (Å²) in [5, 5.41) is 4.71.